The van der Waals surface area contributed by atoms with Crippen molar-refractivity contribution in [2.75, 3.05) is 7.11 Å². The number of carbonyl (C=O) groups excluding carboxylic acids is 1. The number of carbonyl (C=O) groups is 1. The highest BCUT2D eigenvalue weighted by atomic mass is 19.2. The Morgan fingerprint density at radius 3 is 2.44 bits per heavy atom. The molecule has 3 aromatic rings. The molecule has 1 fully saturated rings. The number of rotatable bonds is 6. The number of benzene rings is 3. The van der Waals surface area contributed by atoms with Gasteiger partial charge in [-0.25, -0.2) is 33.4 Å². The number of hydrogen-bond donors (Lipinski definition) is 4. The second-order valence-electron chi connectivity index (χ2n) is 8.05. The fourth-order valence-corrected chi connectivity index (χ4v) is 3.66. The Balaban J connectivity index is 1.51. The first-order valence-electron chi connectivity index (χ1n) is 11.0. The Morgan fingerprint density at radius 1 is 1.03 bits per heavy atom. The molecule has 0 aromatic heterocycles. The number of aliphatic imine (C=N–C) groups is 1. The number of nitrogens with zero attached hydrogens (tertiary/aromatic N) is 1. The quantitative estimate of drug-likeness (QED) is 0.179. The van der Waals surface area contributed by atoms with Crippen LogP contribution in [0.3, 0.4) is 0 Å². The van der Waals surface area contributed by atoms with Crippen molar-refractivity contribution in [3.05, 3.63) is 101 Å². The maximum absolute atomic E-state index is 13.6. The third-order valence-corrected chi connectivity index (χ3v) is 5.52. The summed E-state index contributed by atoms with van der Waals surface area (Å²) in [6, 6.07) is 14.2. The van der Waals surface area contributed by atoms with E-state index in [0.29, 0.717) is 24.3 Å². The molecule has 0 spiro atoms. The summed E-state index contributed by atoms with van der Waals surface area (Å²) in [5, 5.41) is 5.54. The number of guanidine groups is 1. The average molecular weight is 501 g/mol. The molecule has 1 aliphatic rings. The number of ether oxygens (including phenoxy) is 1. The molecule has 188 valence electrons. The van der Waals surface area contributed by atoms with E-state index in [1.165, 1.54) is 19.2 Å². The molecule has 2 unspecified atom stereocenters. The van der Waals surface area contributed by atoms with Crippen molar-refractivity contribution in [1.82, 2.24) is 21.5 Å². The molecular weight excluding hydrogens is 478 g/mol. The standard InChI is InChI=1S/C25H23F4N5O2/c1-36-18-4-2-3-14(9-18)13-30-25(32-24(35)16-10-19(27)23(29)20(28)11-16)31-22-12-21(33-34-22)15-5-7-17(26)8-6-15/h2-11,21-22,33-34H,12-13H2,1H3,(H2,30,31,32,35). The van der Waals surface area contributed by atoms with E-state index in [1.807, 2.05) is 6.07 Å². The van der Waals surface area contributed by atoms with Crippen molar-refractivity contribution >= 4 is 11.9 Å². The minimum atomic E-state index is -1.66. The molecule has 1 amide bonds. The van der Waals surface area contributed by atoms with E-state index in [-0.39, 0.29) is 24.4 Å². The second kappa shape index (κ2) is 11.2. The molecule has 4 N–H and O–H groups in total. The van der Waals surface area contributed by atoms with Crippen molar-refractivity contribution in [3.8, 4) is 5.75 Å². The number of hydrazine groups is 1. The van der Waals surface area contributed by atoms with E-state index in [2.05, 4.69) is 26.5 Å². The van der Waals surface area contributed by atoms with Crippen LogP contribution in [0.4, 0.5) is 17.6 Å². The molecule has 1 heterocycles. The monoisotopic (exact) mass is 501 g/mol. The molecule has 0 bridgehead atoms. The van der Waals surface area contributed by atoms with E-state index in [4.69, 9.17) is 4.74 Å². The maximum Gasteiger partial charge on any atom is 0.258 e. The van der Waals surface area contributed by atoms with Crippen molar-refractivity contribution in [2.45, 2.75) is 25.2 Å². The third kappa shape index (κ3) is 6.18. The van der Waals surface area contributed by atoms with Gasteiger partial charge in [-0.05, 0) is 47.5 Å². The van der Waals surface area contributed by atoms with Gasteiger partial charge < -0.3 is 10.1 Å². The minimum Gasteiger partial charge on any atom is -0.497 e. The number of halogens is 4. The van der Waals surface area contributed by atoms with Crippen LogP contribution in [-0.4, -0.2) is 25.1 Å². The Bertz CT molecular complexity index is 1250. The summed E-state index contributed by atoms with van der Waals surface area (Å²) in [5.74, 6) is -5.20. The molecule has 3 aromatic carbocycles. The SMILES string of the molecule is COc1cccc(CN=C(NC(=O)c2cc(F)c(F)c(F)c2)NC2CC(c3ccc(F)cc3)NN2)c1. The van der Waals surface area contributed by atoms with E-state index in [9.17, 15) is 22.4 Å². The molecule has 0 saturated carbocycles. The van der Waals surface area contributed by atoms with Crippen LogP contribution in [0.2, 0.25) is 0 Å². The summed E-state index contributed by atoms with van der Waals surface area (Å²) in [5.41, 5.74) is 7.33. The van der Waals surface area contributed by atoms with Gasteiger partial charge in [0.25, 0.3) is 5.91 Å². The van der Waals surface area contributed by atoms with Crippen LogP contribution in [-0.2, 0) is 6.54 Å². The van der Waals surface area contributed by atoms with Crippen molar-refractivity contribution in [1.29, 1.82) is 0 Å². The number of methoxy groups -OCH3 is 1. The molecule has 1 aliphatic heterocycles. The molecule has 0 aliphatic carbocycles. The molecule has 0 radical (unpaired) electrons. The fraction of sp³-hybridized carbons (Fsp3) is 0.200. The molecule has 7 nitrogen and oxygen atoms in total. The zero-order chi connectivity index (χ0) is 25.7. The first-order chi connectivity index (χ1) is 17.3. The normalized spacial score (nSPS) is 17.6. The molecule has 4 rings (SSSR count). The summed E-state index contributed by atoms with van der Waals surface area (Å²) in [4.78, 5) is 17.1. The summed E-state index contributed by atoms with van der Waals surface area (Å²) >= 11 is 0. The molecule has 36 heavy (non-hydrogen) atoms. The van der Waals surface area contributed by atoms with Crippen LogP contribution in [0.5, 0.6) is 5.75 Å². The van der Waals surface area contributed by atoms with E-state index < -0.39 is 35.1 Å². The lowest BCUT2D eigenvalue weighted by Crippen LogP contribution is -2.50. The van der Waals surface area contributed by atoms with Gasteiger partial charge in [0.1, 0.15) is 11.6 Å². The first kappa shape index (κ1) is 25.1. The van der Waals surface area contributed by atoms with Crippen molar-refractivity contribution in [3.63, 3.8) is 0 Å². The second-order valence-corrected chi connectivity index (χ2v) is 8.05. The number of hydrogen-bond acceptors (Lipinski definition) is 5. The van der Waals surface area contributed by atoms with Crippen LogP contribution in [0.25, 0.3) is 0 Å². The van der Waals surface area contributed by atoms with Gasteiger partial charge in [-0.1, -0.05) is 24.3 Å². The Hall–Kier alpha value is -3.96. The average Bonchev–Trinajstić information content (AvgIpc) is 3.34. The summed E-state index contributed by atoms with van der Waals surface area (Å²) in [6.45, 7) is 0.146. The minimum absolute atomic E-state index is 0.0204. The Labute approximate surface area is 204 Å². The zero-order valence-electron chi connectivity index (χ0n) is 19.1. The highest BCUT2D eigenvalue weighted by Gasteiger charge is 2.26. The molecule has 11 heteroatoms. The zero-order valence-corrected chi connectivity index (χ0v) is 19.1. The van der Waals surface area contributed by atoms with Gasteiger partial charge in [0, 0.05) is 18.0 Å². The highest BCUT2D eigenvalue weighted by Crippen LogP contribution is 2.21. The predicted octanol–water partition coefficient (Wildman–Crippen LogP) is 3.69. The Morgan fingerprint density at radius 2 is 1.75 bits per heavy atom. The molecule has 1 saturated heterocycles. The van der Waals surface area contributed by atoms with Crippen LogP contribution in [0.1, 0.15) is 33.9 Å². The topological polar surface area (TPSA) is 86.8 Å². The van der Waals surface area contributed by atoms with Crippen LogP contribution < -0.4 is 26.2 Å². The summed E-state index contributed by atoms with van der Waals surface area (Å²) in [7, 11) is 1.53. The van der Waals surface area contributed by atoms with Gasteiger partial charge in [-0.3, -0.25) is 10.1 Å². The van der Waals surface area contributed by atoms with E-state index in [1.54, 1.807) is 30.3 Å². The molecule has 2 atom stereocenters. The number of nitrogens with one attached hydrogen (secondary N) is 4. The maximum atomic E-state index is 13.6. The number of amides is 1. The lowest BCUT2D eigenvalue weighted by atomic mass is 10.0. The Kier molecular flexibility index (Phi) is 7.81. The lowest BCUT2D eigenvalue weighted by molar-refractivity contribution is 0.0974. The predicted molar refractivity (Wildman–Crippen MR) is 125 cm³/mol. The largest absolute Gasteiger partial charge is 0.497 e. The van der Waals surface area contributed by atoms with Gasteiger partial charge >= 0.3 is 0 Å². The summed E-state index contributed by atoms with van der Waals surface area (Å²) in [6.07, 6.45) is 0.0885. The summed E-state index contributed by atoms with van der Waals surface area (Å²) < 4.78 is 59.1. The van der Waals surface area contributed by atoms with Gasteiger partial charge in [0.2, 0.25) is 0 Å². The molecular formula is C25H23F4N5O2. The van der Waals surface area contributed by atoms with Crippen LogP contribution >= 0.6 is 0 Å². The fourth-order valence-electron chi connectivity index (χ4n) is 3.66. The van der Waals surface area contributed by atoms with Crippen LogP contribution in [0.15, 0.2) is 65.7 Å². The van der Waals surface area contributed by atoms with Gasteiger partial charge in [-0.15, -0.1) is 0 Å². The highest BCUT2D eigenvalue weighted by molar-refractivity contribution is 6.05. The van der Waals surface area contributed by atoms with Gasteiger partial charge in [0.15, 0.2) is 23.4 Å². The first-order valence-corrected chi connectivity index (χ1v) is 11.0. The van der Waals surface area contributed by atoms with Crippen LogP contribution in [0, 0.1) is 23.3 Å². The lowest BCUT2D eigenvalue weighted by Gasteiger charge is -2.17. The smallest absolute Gasteiger partial charge is 0.258 e. The van der Waals surface area contributed by atoms with Gasteiger partial charge in [-0.2, -0.15) is 0 Å². The van der Waals surface area contributed by atoms with Crippen molar-refractivity contribution in [2.24, 2.45) is 4.99 Å². The van der Waals surface area contributed by atoms with Gasteiger partial charge in [0.05, 0.1) is 19.8 Å². The van der Waals surface area contributed by atoms with Crippen molar-refractivity contribution < 1.29 is 27.1 Å². The van der Waals surface area contributed by atoms with E-state index >= 15 is 0 Å². The third-order valence-electron chi connectivity index (χ3n) is 5.52. The van der Waals surface area contributed by atoms with E-state index in [0.717, 1.165) is 11.1 Å².